The van der Waals surface area contributed by atoms with Gasteiger partial charge in [-0.25, -0.2) is 17.9 Å². The first-order chi connectivity index (χ1) is 8.38. The van der Waals surface area contributed by atoms with Crippen LogP contribution in [0, 0.1) is 15.9 Å². The molecule has 5 nitrogen and oxygen atoms in total. The molecule has 1 rings (SSSR count). The van der Waals surface area contributed by atoms with Gasteiger partial charge in [-0.2, -0.15) is 0 Å². The minimum atomic E-state index is -3.72. The predicted octanol–water partition coefficient (Wildman–Crippen LogP) is 1.29. The van der Waals surface area contributed by atoms with Crippen LogP contribution in [-0.4, -0.2) is 26.0 Å². The molecule has 18 heavy (non-hydrogen) atoms. The number of aromatic carboxylic acids is 1. The number of carboxylic acids is 1. The molecule has 0 bridgehead atoms. The second-order valence-electron chi connectivity index (χ2n) is 3.30. The maximum atomic E-state index is 11.8. The minimum Gasteiger partial charge on any atom is -0.478 e. The van der Waals surface area contributed by atoms with Gasteiger partial charge in [-0.1, -0.05) is 0 Å². The first kappa shape index (κ1) is 14.9. The van der Waals surface area contributed by atoms with Crippen LogP contribution in [0.5, 0.6) is 0 Å². The standard InChI is InChI=1S/C11H10INO4S/c1-2-3-6-13-18(16,17)8-4-5-10(12)9(7-8)11(14)15/h1,4-5,7,13H,3,6H2,(H,14,15). The molecule has 0 aliphatic rings. The number of hydrogen-bond acceptors (Lipinski definition) is 3. The zero-order valence-corrected chi connectivity index (χ0v) is 12.2. The lowest BCUT2D eigenvalue weighted by atomic mass is 10.2. The van der Waals surface area contributed by atoms with Crippen LogP contribution < -0.4 is 4.72 Å². The molecular weight excluding hydrogens is 369 g/mol. The first-order valence-electron chi connectivity index (χ1n) is 4.84. The summed E-state index contributed by atoms with van der Waals surface area (Å²) < 4.78 is 26.4. The average Bonchev–Trinajstić information content (AvgIpc) is 2.29. The summed E-state index contributed by atoms with van der Waals surface area (Å²) in [5, 5.41) is 8.92. The number of terminal acetylenes is 1. The average molecular weight is 379 g/mol. The Bertz CT molecular complexity index is 604. The normalized spacial score (nSPS) is 10.9. The van der Waals surface area contributed by atoms with Crippen molar-refractivity contribution in [2.75, 3.05) is 6.54 Å². The molecule has 0 heterocycles. The first-order valence-corrected chi connectivity index (χ1v) is 7.40. The third kappa shape index (κ3) is 3.69. The largest absolute Gasteiger partial charge is 0.478 e. The van der Waals surface area contributed by atoms with Gasteiger partial charge in [0.05, 0.1) is 10.5 Å². The summed E-state index contributed by atoms with van der Waals surface area (Å²) in [5.74, 6) is 1.14. The number of benzene rings is 1. The van der Waals surface area contributed by atoms with Crippen LogP contribution in [0.25, 0.3) is 0 Å². The smallest absolute Gasteiger partial charge is 0.336 e. The van der Waals surface area contributed by atoms with Crippen LogP contribution in [0.3, 0.4) is 0 Å². The van der Waals surface area contributed by atoms with E-state index in [1.165, 1.54) is 12.1 Å². The third-order valence-corrected chi connectivity index (χ3v) is 4.44. The van der Waals surface area contributed by atoms with Crippen molar-refractivity contribution in [1.82, 2.24) is 4.72 Å². The molecule has 7 heteroatoms. The molecule has 0 aromatic heterocycles. The lowest BCUT2D eigenvalue weighted by Gasteiger charge is -2.07. The maximum absolute atomic E-state index is 11.8. The van der Waals surface area contributed by atoms with E-state index in [4.69, 9.17) is 11.5 Å². The summed E-state index contributed by atoms with van der Waals surface area (Å²) >= 11 is 1.83. The number of carbonyl (C=O) groups is 1. The van der Waals surface area contributed by atoms with Crippen molar-refractivity contribution in [3.63, 3.8) is 0 Å². The fourth-order valence-electron chi connectivity index (χ4n) is 1.18. The van der Waals surface area contributed by atoms with Gasteiger partial charge in [0.2, 0.25) is 10.0 Å². The topological polar surface area (TPSA) is 83.5 Å². The van der Waals surface area contributed by atoms with Gasteiger partial charge in [0.1, 0.15) is 0 Å². The minimum absolute atomic E-state index is 0.0459. The molecule has 0 spiro atoms. The van der Waals surface area contributed by atoms with Crippen LogP contribution in [0.4, 0.5) is 0 Å². The van der Waals surface area contributed by atoms with Crippen LogP contribution in [0.2, 0.25) is 0 Å². The Kier molecular flexibility index (Phi) is 5.13. The summed E-state index contributed by atoms with van der Waals surface area (Å²) in [5.41, 5.74) is -0.0459. The predicted molar refractivity (Wildman–Crippen MR) is 74.8 cm³/mol. The Balaban J connectivity index is 3.07. The molecule has 0 aliphatic carbocycles. The van der Waals surface area contributed by atoms with Gasteiger partial charge in [-0.3, -0.25) is 0 Å². The van der Waals surface area contributed by atoms with E-state index in [0.29, 0.717) is 3.57 Å². The highest BCUT2D eigenvalue weighted by atomic mass is 127. The van der Waals surface area contributed by atoms with Crippen molar-refractivity contribution in [3.05, 3.63) is 27.3 Å². The van der Waals surface area contributed by atoms with Crippen molar-refractivity contribution < 1.29 is 18.3 Å². The second kappa shape index (κ2) is 6.17. The van der Waals surface area contributed by atoms with E-state index < -0.39 is 16.0 Å². The summed E-state index contributed by atoms with van der Waals surface area (Å²) in [4.78, 5) is 10.8. The highest BCUT2D eigenvalue weighted by molar-refractivity contribution is 14.1. The number of rotatable bonds is 5. The quantitative estimate of drug-likeness (QED) is 0.459. The highest BCUT2D eigenvalue weighted by Gasteiger charge is 2.17. The zero-order valence-electron chi connectivity index (χ0n) is 9.18. The van der Waals surface area contributed by atoms with E-state index in [2.05, 4.69) is 10.6 Å². The summed E-state index contributed by atoms with van der Waals surface area (Å²) in [6.45, 7) is 0.118. The number of carboxylic acid groups (broad SMARTS) is 1. The summed E-state index contributed by atoms with van der Waals surface area (Å²) in [6.07, 6.45) is 5.29. The molecule has 0 atom stereocenters. The molecule has 0 unspecified atom stereocenters. The Morgan fingerprint density at radius 1 is 1.50 bits per heavy atom. The summed E-state index contributed by atoms with van der Waals surface area (Å²) in [7, 11) is -3.72. The van der Waals surface area contributed by atoms with E-state index in [1.807, 2.05) is 22.6 Å². The second-order valence-corrected chi connectivity index (χ2v) is 6.23. The van der Waals surface area contributed by atoms with Crippen molar-refractivity contribution in [1.29, 1.82) is 0 Å². The van der Waals surface area contributed by atoms with Crippen LogP contribution in [0.15, 0.2) is 23.1 Å². The van der Waals surface area contributed by atoms with Gasteiger partial charge in [0.25, 0.3) is 0 Å². The van der Waals surface area contributed by atoms with E-state index in [9.17, 15) is 13.2 Å². The molecule has 1 aromatic rings. The van der Waals surface area contributed by atoms with Gasteiger partial charge in [0.15, 0.2) is 0 Å². The molecule has 96 valence electrons. The van der Waals surface area contributed by atoms with Crippen molar-refractivity contribution >= 4 is 38.6 Å². The molecule has 0 saturated heterocycles. The van der Waals surface area contributed by atoms with Gasteiger partial charge < -0.3 is 5.11 Å². The Hall–Kier alpha value is -1.11. The molecule has 0 saturated carbocycles. The summed E-state index contributed by atoms with van der Waals surface area (Å²) in [6, 6.07) is 3.93. The lowest BCUT2D eigenvalue weighted by molar-refractivity contribution is 0.0695. The van der Waals surface area contributed by atoms with Gasteiger partial charge in [0, 0.05) is 16.5 Å². The Morgan fingerprint density at radius 2 is 2.17 bits per heavy atom. The Labute approximate surface area is 119 Å². The van der Waals surface area contributed by atoms with E-state index in [1.54, 1.807) is 0 Å². The Morgan fingerprint density at radius 3 is 2.72 bits per heavy atom. The number of sulfonamides is 1. The van der Waals surface area contributed by atoms with Gasteiger partial charge in [-0.05, 0) is 40.8 Å². The van der Waals surface area contributed by atoms with Crippen LogP contribution >= 0.6 is 22.6 Å². The fourth-order valence-corrected chi connectivity index (χ4v) is 2.80. The van der Waals surface area contributed by atoms with Crippen LogP contribution in [0.1, 0.15) is 16.8 Å². The van der Waals surface area contributed by atoms with Gasteiger partial charge >= 0.3 is 5.97 Å². The number of halogens is 1. The van der Waals surface area contributed by atoms with E-state index >= 15 is 0 Å². The fraction of sp³-hybridized carbons (Fsp3) is 0.182. The SMILES string of the molecule is C#CCCNS(=O)(=O)c1ccc(I)c(C(=O)O)c1. The molecule has 0 radical (unpaired) electrons. The highest BCUT2D eigenvalue weighted by Crippen LogP contribution is 2.17. The number of hydrogen-bond donors (Lipinski definition) is 2. The molecule has 0 amide bonds. The lowest BCUT2D eigenvalue weighted by Crippen LogP contribution is -2.25. The van der Waals surface area contributed by atoms with Crippen molar-refractivity contribution in [2.45, 2.75) is 11.3 Å². The third-order valence-electron chi connectivity index (χ3n) is 2.04. The van der Waals surface area contributed by atoms with Crippen molar-refractivity contribution in [2.24, 2.45) is 0 Å². The maximum Gasteiger partial charge on any atom is 0.336 e. The molecule has 0 aliphatic heterocycles. The molecular formula is C11H10INO4S. The molecule has 2 N–H and O–H groups in total. The van der Waals surface area contributed by atoms with Crippen LogP contribution in [-0.2, 0) is 10.0 Å². The molecule has 0 fully saturated rings. The van der Waals surface area contributed by atoms with E-state index in [0.717, 1.165) is 6.07 Å². The van der Waals surface area contributed by atoms with E-state index in [-0.39, 0.29) is 23.4 Å². The number of nitrogens with one attached hydrogen (secondary N) is 1. The molecule has 1 aromatic carbocycles. The zero-order chi connectivity index (χ0) is 13.8. The van der Waals surface area contributed by atoms with Crippen molar-refractivity contribution in [3.8, 4) is 12.3 Å². The monoisotopic (exact) mass is 379 g/mol. The van der Waals surface area contributed by atoms with Gasteiger partial charge in [-0.15, -0.1) is 12.3 Å².